The number of aliphatic carboxylic acids is 1. The summed E-state index contributed by atoms with van der Waals surface area (Å²) in [6, 6.07) is 18.0. The molecule has 0 unspecified atom stereocenters. The van der Waals surface area contributed by atoms with Crippen molar-refractivity contribution in [3.8, 4) is 11.5 Å². The minimum absolute atomic E-state index is 0.00571. The van der Waals surface area contributed by atoms with Crippen molar-refractivity contribution in [2.45, 2.75) is 72.2 Å². The standard InChI is InChI=1S/C31H36I2O5/c1-20-15-24(38-29-21(2)14-23(16-26(29)33)17-27(34)35)18-25(32)28(20)31(5,6)36-13-12-30(3,4)37-19-22-10-8-7-9-11-22/h7-11,14-16,18H,12-13,17,19H2,1-6H3,(H,34,35). The quantitative estimate of drug-likeness (QED) is 0.189. The third-order valence-electron chi connectivity index (χ3n) is 6.37. The van der Waals surface area contributed by atoms with E-state index in [1.807, 2.05) is 49.4 Å². The summed E-state index contributed by atoms with van der Waals surface area (Å²) in [5.41, 5.74) is 4.27. The molecule has 3 aromatic rings. The van der Waals surface area contributed by atoms with Crippen molar-refractivity contribution in [1.29, 1.82) is 0 Å². The minimum Gasteiger partial charge on any atom is -0.481 e. The van der Waals surface area contributed by atoms with Crippen molar-refractivity contribution in [2.75, 3.05) is 6.61 Å². The van der Waals surface area contributed by atoms with E-state index >= 15 is 0 Å². The van der Waals surface area contributed by atoms with Gasteiger partial charge >= 0.3 is 5.97 Å². The Bertz CT molecular complexity index is 1220. The summed E-state index contributed by atoms with van der Waals surface area (Å²) >= 11 is 4.55. The maximum Gasteiger partial charge on any atom is 0.307 e. The average molecular weight is 742 g/mol. The van der Waals surface area contributed by atoms with Gasteiger partial charge in [-0.2, -0.15) is 0 Å². The van der Waals surface area contributed by atoms with Crippen LogP contribution in [0.4, 0.5) is 0 Å². The summed E-state index contributed by atoms with van der Waals surface area (Å²) in [7, 11) is 0. The van der Waals surface area contributed by atoms with Crippen molar-refractivity contribution >= 4 is 51.2 Å². The van der Waals surface area contributed by atoms with Crippen LogP contribution in [0.1, 0.15) is 61.9 Å². The molecule has 0 amide bonds. The molecular weight excluding hydrogens is 706 g/mol. The van der Waals surface area contributed by atoms with Gasteiger partial charge in [0.05, 0.1) is 34.4 Å². The van der Waals surface area contributed by atoms with Crippen molar-refractivity contribution in [3.63, 3.8) is 0 Å². The van der Waals surface area contributed by atoms with Gasteiger partial charge in [0.2, 0.25) is 0 Å². The van der Waals surface area contributed by atoms with Crippen LogP contribution in [0.5, 0.6) is 11.5 Å². The first-order valence-corrected chi connectivity index (χ1v) is 14.7. The molecule has 0 aliphatic rings. The van der Waals surface area contributed by atoms with Crippen LogP contribution in [0.3, 0.4) is 0 Å². The van der Waals surface area contributed by atoms with Gasteiger partial charge in [-0.05, 0) is 139 Å². The van der Waals surface area contributed by atoms with Gasteiger partial charge in [-0.1, -0.05) is 36.4 Å². The Morgan fingerprint density at radius 2 is 1.55 bits per heavy atom. The predicted molar refractivity (Wildman–Crippen MR) is 168 cm³/mol. The number of hydrogen-bond acceptors (Lipinski definition) is 4. The van der Waals surface area contributed by atoms with Crippen LogP contribution in [0.2, 0.25) is 0 Å². The molecule has 0 fully saturated rings. The fourth-order valence-electron chi connectivity index (χ4n) is 4.41. The van der Waals surface area contributed by atoms with Crippen molar-refractivity contribution in [2.24, 2.45) is 0 Å². The molecule has 0 aliphatic heterocycles. The normalized spacial score (nSPS) is 12.0. The molecule has 38 heavy (non-hydrogen) atoms. The topological polar surface area (TPSA) is 65.0 Å². The Morgan fingerprint density at radius 1 is 0.868 bits per heavy atom. The van der Waals surface area contributed by atoms with Crippen LogP contribution in [-0.2, 0) is 32.9 Å². The van der Waals surface area contributed by atoms with E-state index in [1.165, 1.54) is 0 Å². The highest BCUT2D eigenvalue weighted by Crippen LogP contribution is 2.38. The van der Waals surface area contributed by atoms with Gasteiger partial charge in [0.15, 0.2) is 0 Å². The molecule has 0 bridgehead atoms. The smallest absolute Gasteiger partial charge is 0.307 e. The molecule has 0 saturated carbocycles. The lowest BCUT2D eigenvalue weighted by atomic mass is 9.93. The van der Waals surface area contributed by atoms with Gasteiger partial charge in [-0.15, -0.1) is 0 Å². The third-order valence-corrected chi connectivity index (χ3v) is 8.02. The van der Waals surface area contributed by atoms with E-state index in [-0.39, 0.29) is 12.0 Å². The molecular formula is C31H36I2O5. The van der Waals surface area contributed by atoms with E-state index in [1.54, 1.807) is 0 Å². The first kappa shape index (κ1) is 30.8. The maximum atomic E-state index is 11.1. The molecule has 0 heterocycles. The number of carboxylic acid groups (broad SMARTS) is 1. The maximum absolute atomic E-state index is 11.1. The van der Waals surface area contributed by atoms with Crippen LogP contribution >= 0.6 is 45.2 Å². The zero-order valence-electron chi connectivity index (χ0n) is 22.9. The molecule has 0 aromatic heterocycles. The Hall–Kier alpha value is -1.69. The number of hydrogen-bond donors (Lipinski definition) is 1. The summed E-state index contributed by atoms with van der Waals surface area (Å²) in [5.74, 6) is 0.646. The van der Waals surface area contributed by atoms with E-state index < -0.39 is 11.6 Å². The lowest BCUT2D eigenvalue weighted by Gasteiger charge is -2.32. The monoisotopic (exact) mass is 742 g/mol. The molecule has 0 aliphatic carbocycles. The second-order valence-corrected chi connectivity index (χ2v) is 13.0. The summed E-state index contributed by atoms with van der Waals surface area (Å²) in [5, 5.41) is 9.12. The molecule has 7 heteroatoms. The fraction of sp³-hybridized carbons (Fsp3) is 0.387. The van der Waals surface area contributed by atoms with E-state index in [0.717, 1.165) is 52.9 Å². The van der Waals surface area contributed by atoms with Crippen LogP contribution in [0.15, 0.2) is 54.6 Å². The van der Waals surface area contributed by atoms with Gasteiger partial charge in [0, 0.05) is 3.57 Å². The largest absolute Gasteiger partial charge is 0.481 e. The van der Waals surface area contributed by atoms with Crippen LogP contribution < -0.4 is 4.74 Å². The van der Waals surface area contributed by atoms with E-state index in [0.29, 0.717) is 13.2 Å². The fourth-order valence-corrected chi connectivity index (χ4v) is 6.73. The van der Waals surface area contributed by atoms with E-state index in [4.69, 9.17) is 19.3 Å². The minimum atomic E-state index is -0.845. The molecule has 0 saturated heterocycles. The van der Waals surface area contributed by atoms with Gasteiger partial charge < -0.3 is 19.3 Å². The van der Waals surface area contributed by atoms with Gasteiger partial charge in [0.25, 0.3) is 0 Å². The van der Waals surface area contributed by atoms with Crippen LogP contribution in [0, 0.1) is 21.0 Å². The zero-order valence-corrected chi connectivity index (χ0v) is 27.2. The number of halogens is 2. The van der Waals surface area contributed by atoms with Crippen LogP contribution in [0.25, 0.3) is 0 Å². The number of carboxylic acids is 1. The highest BCUT2D eigenvalue weighted by molar-refractivity contribution is 14.1. The lowest BCUT2D eigenvalue weighted by molar-refractivity contribution is -0.136. The SMILES string of the molecule is Cc1cc(CC(=O)O)cc(I)c1Oc1cc(C)c(C(C)(C)OCCC(C)(C)OCc2ccccc2)c(I)c1. The number of ether oxygens (including phenoxy) is 3. The van der Waals surface area contributed by atoms with Gasteiger partial charge in [-0.3, -0.25) is 4.79 Å². The molecule has 1 N–H and O–H groups in total. The summed E-state index contributed by atoms with van der Waals surface area (Å²) in [6.07, 6.45) is 0.768. The number of rotatable bonds is 12. The average Bonchev–Trinajstić information content (AvgIpc) is 2.79. The first-order chi connectivity index (χ1) is 17.8. The van der Waals surface area contributed by atoms with Gasteiger partial charge in [0.1, 0.15) is 11.5 Å². The lowest BCUT2D eigenvalue weighted by Crippen LogP contribution is -2.30. The van der Waals surface area contributed by atoms with Crippen molar-refractivity contribution < 1.29 is 24.1 Å². The third kappa shape index (κ3) is 8.66. The predicted octanol–water partition coefficient (Wildman–Crippen LogP) is 8.57. The Kier molecular flexibility index (Phi) is 10.6. The van der Waals surface area contributed by atoms with Crippen LogP contribution in [-0.4, -0.2) is 23.3 Å². The molecule has 5 nitrogen and oxygen atoms in total. The summed E-state index contributed by atoms with van der Waals surface area (Å²) < 4.78 is 20.9. The van der Waals surface area contributed by atoms with Crippen molar-refractivity contribution in [3.05, 3.63) is 89.6 Å². The highest BCUT2D eigenvalue weighted by atomic mass is 127. The summed E-state index contributed by atoms with van der Waals surface area (Å²) in [6.45, 7) is 13.6. The Labute approximate surface area is 253 Å². The second-order valence-electron chi connectivity index (χ2n) is 10.6. The molecule has 0 atom stereocenters. The van der Waals surface area contributed by atoms with E-state index in [9.17, 15) is 4.79 Å². The molecule has 3 rings (SSSR count). The number of benzene rings is 3. The zero-order chi connectivity index (χ0) is 28.1. The first-order valence-electron chi connectivity index (χ1n) is 12.6. The summed E-state index contributed by atoms with van der Waals surface area (Å²) in [4.78, 5) is 11.1. The molecule has 204 valence electrons. The second kappa shape index (κ2) is 13.1. The van der Waals surface area contributed by atoms with E-state index in [2.05, 4.69) is 91.9 Å². The number of aryl methyl sites for hydroxylation is 2. The Morgan fingerprint density at radius 3 is 2.16 bits per heavy atom. The van der Waals surface area contributed by atoms with Gasteiger partial charge in [-0.25, -0.2) is 0 Å². The molecule has 3 aromatic carbocycles. The molecule has 0 radical (unpaired) electrons. The van der Waals surface area contributed by atoms with Crippen molar-refractivity contribution in [1.82, 2.24) is 0 Å². The molecule has 0 spiro atoms. The Balaban J connectivity index is 1.67. The highest BCUT2D eigenvalue weighted by Gasteiger charge is 2.28. The number of carbonyl (C=O) groups is 1.